The van der Waals surface area contributed by atoms with Gasteiger partial charge in [0.05, 0.1) is 14.2 Å². The van der Waals surface area contributed by atoms with Crippen molar-refractivity contribution in [1.29, 1.82) is 0 Å². The molecule has 3 heteroatoms. The molecule has 0 atom stereocenters. The number of ether oxygens (including phenoxy) is 2. The highest BCUT2D eigenvalue weighted by Gasteiger charge is 2.16. The molecule has 0 amide bonds. The molecule has 0 bridgehead atoms. The van der Waals surface area contributed by atoms with Crippen LogP contribution in [0.1, 0.15) is 12.0 Å². The largest absolute Gasteiger partial charge is 0.497 e. The molecule has 3 rings (SSSR count). The minimum atomic E-state index is 0.809. The van der Waals surface area contributed by atoms with E-state index in [0.29, 0.717) is 0 Å². The molecular formula is C17H19NO2. The second-order valence-electron chi connectivity index (χ2n) is 4.94. The molecule has 0 fully saturated rings. The molecule has 0 spiro atoms. The van der Waals surface area contributed by atoms with Crippen molar-refractivity contribution in [2.75, 3.05) is 26.1 Å². The average Bonchev–Trinajstić information content (AvgIpc) is 2.53. The molecular weight excluding hydrogens is 250 g/mol. The minimum absolute atomic E-state index is 0.809. The van der Waals surface area contributed by atoms with Gasteiger partial charge >= 0.3 is 0 Å². The molecule has 0 aliphatic carbocycles. The van der Waals surface area contributed by atoms with Crippen molar-refractivity contribution >= 4 is 5.69 Å². The highest BCUT2D eigenvalue weighted by molar-refractivity contribution is 5.84. The summed E-state index contributed by atoms with van der Waals surface area (Å²) in [4.78, 5) is 0. The highest BCUT2D eigenvalue weighted by Crippen LogP contribution is 2.39. The molecule has 0 unspecified atom stereocenters. The van der Waals surface area contributed by atoms with E-state index in [0.717, 1.165) is 30.0 Å². The molecule has 2 aromatic carbocycles. The van der Waals surface area contributed by atoms with Crippen LogP contribution in [0.5, 0.6) is 11.5 Å². The van der Waals surface area contributed by atoms with Crippen molar-refractivity contribution in [3.8, 4) is 22.6 Å². The fraction of sp³-hybridized carbons (Fsp3) is 0.294. The summed E-state index contributed by atoms with van der Waals surface area (Å²) in [5, 5.41) is 3.52. The zero-order valence-electron chi connectivity index (χ0n) is 11.9. The lowest BCUT2D eigenvalue weighted by Crippen LogP contribution is -2.12. The van der Waals surface area contributed by atoms with Gasteiger partial charge in [-0.05, 0) is 30.5 Å². The summed E-state index contributed by atoms with van der Waals surface area (Å²) >= 11 is 0. The first-order valence-electron chi connectivity index (χ1n) is 6.91. The first-order valence-corrected chi connectivity index (χ1v) is 6.91. The number of anilines is 1. The second kappa shape index (κ2) is 5.45. The summed E-state index contributed by atoms with van der Waals surface area (Å²) in [5.74, 6) is 1.65. The lowest BCUT2D eigenvalue weighted by molar-refractivity contribution is 0.395. The van der Waals surface area contributed by atoms with Crippen LogP contribution in [0, 0.1) is 0 Å². The Morgan fingerprint density at radius 3 is 2.70 bits per heavy atom. The molecule has 0 saturated heterocycles. The van der Waals surface area contributed by atoms with Crippen LogP contribution in [-0.4, -0.2) is 20.8 Å². The third-order valence-electron chi connectivity index (χ3n) is 3.77. The quantitative estimate of drug-likeness (QED) is 0.921. The monoisotopic (exact) mass is 269 g/mol. The average molecular weight is 269 g/mol. The van der Waals surface area contributed by atoms with Gasteiger partial charge in [-0.15, -0.1) is 0 Å². The number of fused-ring (bicyclic) bond motifs is 1. The third kappa shape index (κ3) is 2.20. The first-order chi connectivity index (χ1) is 9.83. The molecule has 3 nitrogen and oxygen atoms in total. The highest BCUT2D eigenvalue weighted by atomic mass is 16.5. The van der Waals surface area contributed by atoms with E-state index < -0.39 is 0 Å². The Morgan fingerprint density at radius 2 is 1.90 bits per heavy atom. The van der Waals surface area contributed by atoms with Gasteiger partial charge in [0, 0.05) is 29.4 Å². The van der Waals surface area contributed by atoms with E-state index in [9.17, 15) is 0 Å². The molecule has 0 aromatic heterocycles. The summed E-state index contributed by atoms with van der Waals surface area (Å²) in [5.41, 5.74) is 4.91. The summed E-state index contributed by atoms with van der Waals surface area (Å²) in [6.45, 7) is 1.03. The van der Waals surface area contributed by atoms with Crippen LogP contribution in [0.25, 0.3) is 11.1 Å². The molecule has 20 heavy (non-hydrogen) atoms. The summed E-state index contributed by atoms with van der Waals surface area (Å²) < 4.78 is 10.8. The fourth-order valence-corrected chi connectivity index (χ4v) is 2.75. The van der Waals surface area contributed by atoms with Gasteiger partial charge in [0.2, 0.25) is 0 Å². The number of hydrogen-bond acceptors (Lipinski definition) is 3. The zero-order valence-corrected chi connectivity index (χ0v) is 11.9. The molecule has 1 aliphatic rings. The molecule has 0 saturated carbocycles. The third-order valence-corrected chi connectivity index (χ3v) is 3.77. The van der Waals surface area contributed by atoms with E-state index in [4.69, 9.17) is 9.47 Å². The van der Waals surface area contributed by atoms with Gasteiger partial charge in [-0.3, -0.25) is 0 Å². The van der Waals surface area contributed by atoms with Crippen LogP contribution in [0.15, 0.2) is 36.4 Å². The van der Waals surface area contributed by atoms with E-state index in [1.54, 1.807) is 14.2 Å². The van der Waals surface area contributed by atoms with Crippen LogP contribution >= 0.6 is 0 Å². The SMILES string of the molecule is COc1ccc(-c2cccc3c2NCCC3)c(OC)c1. The Morgan fingerprint density at radius 1 is 1.00 bits per heavy atom. The Balaban J connectivity index is 2.13. The molecule has 2 aromatic rings. The Kier molecular flexibility index (Phi) is 3.50. The maximum atomic E-state index is 5.53. The van der Waals surface area contributed by atoms with Crippen LogP contribution in [-0.2, 0) is 6.42 Å². The fourth-order valence-electron chi connectivity index (χ4n) is 2.75. The Bertz CT molecular complexity index is 622. The van der Waals surface area contributed by atoms with E-state index >= 15 is 0 Å². The van der Waals surface area contributed by atoms with Crippen LogP contribution in [0.4, 0.5) is 5.69 Å². The number of nitrogens with one attached hydrogen (secondary N) is 1. The number of benzene rings is 2. The van der Waals surface area contributed by atoms with E-state index in [1.165, 1.54) is 23.2 Å². The minimum Gasteiger partial charge on any atom is -0.497 e. The summed E-state index contributed by atoms with van der Waals surface area (Å²) in [6, 6.07) is 12.4. The van der Waals surface area contributed by atoms with Gasteiger partial charge in [0.1, 0.15) is 11.5 Å². The number of methoxy groups -OCH3 is 2. The van der Waals surface area contributed by atoms with E-state index in [2.05, 4.69) is 29.6 Å². The van der Waals surface area contributed by atoms with Crippen molar-refractivity contribution in [1.82, 2.24) is 0 Å². The van der Waals surface area contributed by atoms with Gasteiger partial charge in [-0.2, -0.15) is 0 Å². The van der Waals surface area contributed by atoms with Crippen molar-refractivity contribution < 1.29 is 9.47 Å². The molecule has 1 N–H and O–H groups in total. The number of aryl methyl sites for hydroxylation is 1. The van der Waals surface area contributed by atoms with E-state index in [1.807, 2.05) is 12.1 Å². The van der Waals surface area contributed by atoms with Crippen molar-refractivity contribution in [3.63, 3.8) is 0 Å². The standard InChI is InChI=1S/C17H19NO2/c1-19-13-8-9-14(16(11-13)20-2)15-7-3-5-12-6-4-10-18-17(12)15/h3,5,7-9,11,18H,4,6,10H2,1-2H3. The van der Waals surface area contributed by atoms with E-state index in [-0.39, 0.29) is 0 Å². The lowest BCUT2D eigenvalue weighted by atomic mass is 9.95. The first kappa shape index (κ1) is 12.9. The van der Waals surface area contributed by atoms with Gasteiger partial charge in [-0.25, -0.2) is 0 Å². The van der Waals surface area contributed by atoms with Crippen LogP contribution in [0.2, 0.25) is 0 Å². The number of hydrogen-bond donors (Lipinski definition) is 1. The van der Waals surface area contributed by atoms with Crippen molar-refractivity contribution in [2.45, 2.75) is 12.8 Å². The smallest absolute Gasteiger partial charge is 0.130 e. The normalized spacial score (nSPS) is 13.3. The predicted molar refractivity (Wildman–Crippen MR) is 81.8 cm³/mol. The summed E-state index contributed by atoms with van der Waals surface area (Å²) in [6.07, 6.45) is 2.32. The molecule has 1 aliphatic heterocycles. The van der Waals surface area contributed by atoms with Gasteiger partial charge < -0.3 is 14.8 Å². The molecule has 0 radical (unpaired) electrons. The van der Waals surface area contributed by atoms with Crippen LogP contribution in [0.3, 0.4) is 0 Å². The maximum absolute atomic E-state index is 5.53. The van der Waals surface area contributed by atoms with Gasteiger partial charge in [0.15, 0.2) is 0 Å². The van der Waals surface area contributed by atoms with Gasteiger partial charge in [0.25, 0.3) is 0 Å². The summed E-state index contributed by atoms with van der Waals surface area (Å²) in [7, 11) is 3.36. The Labute approximate surface area is 119 Å². The molecule has 104 valence electrons. The van der Waals surface area contributed by atoms with Crippen LogP contribution < -0.4 is 14.8 Å². The molecule has 1 heterocycles. The zero-order chi connectivity index (χ0) is 13.9. The topological polar surface area (TPSA) is 30.5 Å². The lowest BCUT2D eigenvalue weighted by Gasteiger charge is -2.22. The second-order valence-corrected chi connectivity index (χ2v) is 4.94. The Hall–Kier alpha value is -2.16. The maximum Gasteiger partial charge on any atom is 0.130 e. The van der Waals surface area contributed by atoms with Crippen molar-refractivity contribution in [3.05, 3.63) is 42.0 Å². The number of para-hydroxylation sites is 1. The predicted octanol–water partition coefficient (Wildman–Crippen LogP) is 3.73. The van der Waals surface area contributed by atoms with Gasteiger partial charge in [-0.1, -0.05) is 18.2 Å². The van der Waals surface area contributed by atoms with Crippen molar-refractivity contribution in [2.24, 2.45) is 0 Å². The number of rotatable bonds is 3.